The average Bonchev–Trinajstić information content (AvgIpc) is 2.78. The zero-order valence-electron chi connectivity index (χ0n) is 23.7. The van der Waals surface area contributed by atoms with Crippen LogP contribution in [0, 0.1) is 0 Å². The molecule has 0 aromatic heterocycles. The van der Waals surface area contributed by atoms with E-state index in [0.29, 0.717) is 52.5 Å². The third-order valence-electron chi connectivity index (χ3n) is 5.91. The summed E-state index contributed by atoms with van der Waals surface area (Å²) in [6, 6.07) is 1.95. The number of aliphatic hydroxyl groups excluding tert-OH is 6. The fourth-order valence-corrected chi connectivity index (χ4v) is 13.1. The molecule has 0 aromatic rings. The maximum atomic E-state index is 10.1. The van der Waals surface area contributed by atoms with E-state index >= 15 is 0 Å². The smallest absolute Gasteiger partial charge is 0.173 e. The Balaban J connectivity index is 4.10. The van der Waals surface area contributed by atoms with Gasteiger partial charge in [0.1, 0.15) is 0 Å². The molecule has 224 valence electrons. The Morgan fingerprint density at radius 3 is 1.22 bits per heavy atom. The molecule has 37 heavy (non-hydrogen) atoms. The maximum Gasteiger partial charge on any atom is 0.173 e. The molecule has 0 aliphatic rings. The van der Waals surface area contributed by atoms with Gasteiger partial charge in [-0.1, -0.05) is 0 Å². The first-order valence-electron chi connectivity index (χ1n) is 13.6. The molecule has 0 amide bonds. The molecule has 11 nitrogen and oxygen atoms in total. The molecule has 0 saturated heterocycles. The summed E-state index contributed by atoms with van der Waals surface area (Å²) in [6.07, 6.45) is 0.430. The van der Waals surface area contributed by atoms with Crippen LogP contribution >= 0.6 is 0 Å². The molecule has 0 rings (SSSR count). The molecule has 0 fully saturated rings. The predicted octanol–water partition coefficient (Wildman–Crippen LogP) is -0.478. The van der Waals surface area contributed by atoms with E-state index in [-0.39, 0.29) is 39.6 Å². The number of rotatable bonds is 26. The minimum atomic E-state index is -1.86. The molecule has 13 heteroatoms. The fourth-order valence-electron chi connectivity index (χ4n) is 4.34. The van der Waals surface area contributed by atoms with Gasteiger partial charge in [0.25, 0.3) is 0 Å². The Hall–Kier alpha value is -0.00623. The first-order valence-corrected chi connectivity index (χ1v) is 19.8. The molecule has 0 aliphatic carbocycles. The van der Waals surface area contributed by atoms with Crippen molar-refractivity contribution in [3.8, 4) is 0 Å². The van der Waals surface area contributed by atoms with Gasteiger partial charge in [0.2, 0.25) is 0 Å². The predicted molar refractivity (Wildman–Crippen MR) is 150 cm³/mol. The molecule has 0 saturated carbocycles. The third kappa shape index (κ3) is 21.5. The van der Waals surface area contributed by atoms with Gasteiger partial charge >= 0.3 is 0 Å². The van der Waals surface area contributed by atoms with E-state index in [1.807, 2.05) is 9.80 Å². The Bertz CT molecular complexity index is 480. The maximum absolute atomic E-state index is 10.1. The van der Waals surface area contributed by atoms with Gasteiger partial charge in [-0.2, -0.15) is 0 Å². The van der Waals surface area contributed by atoms with Crippen LogP contribution in [0.4, 0.5) is 0 Å². The zero-order chi connectivity index (χ0) is 28.2. The van der Waals surface area contributed by atoms with Crippen molar-refractivity contribution < 1.29 is 44.2 Å². The summed E-state index contributed by atoms with van der Waals surface area (Å²) in [5.41, 5.74) is 0. The second-order valence-corrected chi connectivity index (χ2v) is 19.6. The third-order valence-corrected chi connectivity index (χ3v) is 13.4. The second-order valence-electron chi connectivity index (χ2n) is 10.8. The lowest BCUT2D eigenvalue weighted by Gasteiger charge is -2.34. The standard InChI is InChI=1S/C24H56N2O9Si2/c1-36(2,17-5-15-33-21-23(31)19-25(7-11-27)8-12-28)35-37(3,4)18-6-16-34-22-24(32)20-26(9-13-29)10-14-30/h23-24,27-32H,5-22H2,1-4H3. The van der Waals surface area contributed by atoms with Gasteiger partial charge in [-0.25, -0.2) is 0 Å². The minimum absolute atomic E-state index is 0.0137. The lowest BCUT2D eigenvalue weighted by molar-refractivity contribution is 0.0115. The Labute approximate surface area is 226 Å². The molecular formula is C24H56N2O9Si2. The zero-order valence-corrected chi connectivity index (χ0v) is 25.7. The highest BCUT2D eigenvalue weighted by Crippen LogP contribution is 2.23. The highest BCUT2D eigenvalue weighted by atomic mass is 28.4. The topological polar surface area (TPSA) is 156 Å². The lowest BCUT2D eigenvalue weighted by Crippen LogP contribution is -2.44. The largest absolute Gasteiger partial charge is 0.455 e. The summed E-state index contributed by atoms with van der Waals surface area (Å²) in [5.74, 6) is 0. The number of aliphatic hydroxyl groups is 6. The molecule has 2 atom stereocenters. The van der Waals surface area contributed by atoms with Crippen LogP contribution in [0.25, 0.3) is 0 Å². The first kappa shape index (κ1) is 37.0. The van der Waals surface area contributed by atoms with Gasteiger partial charge in [0.15, 0.2) is 16.6 Å². The van der Waals surface area contributed by atoms with E-state index in [9.17, 15) is 10.2 Å². The highest BCUT2D eigenvalue weighted by molar-refractivity contribution is 6.84. The molecular weight excluding hydrogens is 516 g/mol. The molecule has 0 heterocycles. The van der Waals surface area contributed by atoms with Crippen LogP contribution in [0.3, 0.4) is 0 Å². The van der Waals surface area contributed by atoms with Gasteiger partial charge in [-0.05, 0) is 51.1 Å². The summed E-state index contributed by atoms with van der Waals surface area (Å²) in [7, 11) is -3.71. The molecule has 0 aliphatic heterocycles. The van der Waals surface area contributed by atoms with Crippen molar-refractivity contribution in [2.24, 2.45) is 0 Å². The van der Waals surface area contributed by atoms with Crippen LogP contribution in [0.2, 0.25) is 38.3 Å². The van der Waals surface area contributed by atoms with Crippen LogP contribution in [-0.4, -0.2) is 161 Å². The van der Waals surface area contributed by atoms with Crippen molar-refractivity contribution in [3.63, 3.8) is 0 Å². The Morgan fingerprint density at radius 1 is 0.595 bits per heavy atom. The van der Waals surface area contributed by atoms with Gasteiger partial charge in [0, 0.05) is 52.5 Å². The quantitative estimate of drug-likeness (QED) is 0.0588. The van der Waals surface area contributed by atoms with E-state index < -0.39 is 28.8 Å². The van der Waals surface area contributed by atoms with E-state index in [2.05, 4.69) is 26.2 Å². The van der Waals surface area contributed by atoms with Gasteiger partial charge in [-0.3, -0.25) is 9.80 Å². The van der Waals surface area contributed by atoms with E-state index in [1.165, 1.54) is 0 Å². The van der Waals surface area contributed by atoms with E-state index in [4.69, 9.17) is 34.0 Å². The lowest BCUT2D eigenvalue weighted by atomic mass is 10.3. The van der Waals surface area contributed by atoms with Crippen LogP contribution in [0.5, 0.6) is 0 Å². The summed E-state index contributed by atoms with van der Waals surface area (Å²) in [4.78, 5) is 3.62. The normalized spacial score (nSPS) is 14.6. The minimum Gasteiger partial charge on any atom is -0.455 e. The monoisotopic (exact) mass is 572 g/mol. The number of ether oxygens (including phenoxy) is 2. The summed E-state index contributed by atoms with van der Waals surface area (Å²) < 4.78 is 18.0. The molecule has 0 radical (unpaired) electrons. The molecule has 0 aromatic carbocycles. The van der Waals surface area contributed by atoms with Gasteiger partial charge < -0.3 is 44.2 Å². The van der Waals surface area contributed by atoms with Crippen molar-refractivity contribution in [1.82, 2.24) is 9.80 Å². The van der Waals surface area contributed by atoms with Crippen LogP contribution in [0.15, 0.2) is 0 Å². The second kappa shape index (κ2) is 21.8. The number of hydrogen-bond donors (Lipinski definition) is 6. The Kier molecular flexibility index (Phi) is 21.8. The van der Waals surface area contributed by atoms with Crippen molar-refractivity contribution in [3.05, 3.63) is 0 Å². The van der Waals surface area contributed by atoms with Crippen LogP contribution in [-0.2, 0) is 13.6 Å². The highest BCUT2D eigenvalue weighted by Gasteiger charge is 2.32. The van der Waals surface area contributed by atoms with E-state index in [1.54, 1.807) is 0 Å². The molecule has 6 N–H and O–H groups in total. The number of hydrogen-bond acceptors (Lipinski definition) is 11. The van der Waals surface area contributed by atoms with Crippen LogP contribution in [0.1, 0.15) is 12.8 Å². The van der Waals surface area contributed by atoms with Gasteiger partial charge in [0.05, 0.1) is 51.8 Å². The summed E-state index contributed by atoms with van der Waals surface area (Å²) >= 11 is 0. The molecule has 0 bridgehead atoms. The number of nitrogens with zero attached hydrogens (tertiary/aromatic N) is 2. The van der Waals surface area contributed by atoms with Crippen LogP contribution < -0.4 is 0 Å². The summed E-state index contributed by atoms with van der Waals surface area (Å²) in [6.45, 7) is 12.8. The van der Waals surface area contributed by atoms with Crippen molar-refractivity contribution >= 4 is 16.6 Å². The van der Waals surface area contributed by atoms with Crippen molar-refractivity contribution in [2.75, 3.05) is 92.1 Å². The van der Waals surface area contributed by atoms with Gasteiger partial charge in [-0.15, -0.1) is 0 Å². The Morgan fingerprint density at radius 2 is 0.919 bits per heavy atom. The fraction of sp³-hybridized carbons (Fsp3) is 1.00. The summed E-state index contributed by atoms with van der Waals surface area (Å²) in [5, 5.41) is 56.5. The van der Waals surface area contributed by atoms with E-state index in [0.717, 1.165) is 24.9 Å². The molecule has 2 unspecified atom stereocenters. The first-order chi connectivity index (χ1) is 17.5. The van der Waals surface area contributed by atoms with Crippen molar-refractivity contribution in [1.29, 1.82) is 0 Å². The average molecular weight is 573 g/mol. The van der Waals surface area contributed by atoms with Crippen molar-refractivity contribution in [2.45, 2.75) is 63.3 Å². The molecule has 0 spiro atoms. The SMILES string of the molecule is C[Si](C)(CCCOCC(O)CN(CCO)CCO)O[Si](C)(C)CCCOCC(O)CN(CCO)CCO.